The van der Waals surface area contributed by atoms with Gasteiger partial charge in [0, 0.05) is 55.4 Å². The molecule has 166 valence electrons. The van der Waals surface area contributed by atoms with Gasteiger partial charge in [0.25, 0.3) is 0 Å². The van der Waals surface area contributed by atoms with E-state index in [4.69, 9.17) is 22.3 Å². The number of halogens is 1. The number of anilines is 1. The maximum atomic E-state index is 11.5. The number of likely N-dealkylation sites (tertiary alicyclic amines) is 1. The van der Waals surface area contributed by atoms with Crippen molar-refractivity contribution in [3.8, 4) is 11.1 Å². The van der Waals surface area contributed by atoms with E-state index in [1.807, 2.05) is 55.5 Å². The van der Waals surface area contributed by atoms with E-state index in [2.05, 4.69) is 16.0 Å². The van der Waals surface area contributed by atoms with E-state index < -0.39 is 5.91 Å². The van der Waals surface area contributed by atoms with Gasteiger partial charge in [-0.25, -0.2) is 9.97 Å². The number of amides is 1. The molecule has 0 saturated carbocycles. The lowest BCUT2D eigenvalue weighted by atomic mass is 9.89. The van der Waals surface area contributed by atoms with E-state index in [-0.39, 0.29) is 5.92 Å². The van der Waals surface area contributed by atoms with Gasteiger partial charge in [0.05, 0.1) is 5.69 Å². The lowest BCUT2D eigenvalue weighted by molar-refractivity contribution is 0.100. The van der Waals surface area contributed by atoms with Crippen LogP contribution in [0.15, 0.2) is 54.7 Å². The third-order valence-electron chi connectivity index (χ3n) is 5.93. The lowest BCUT2D eigenvalue weighted by Crippen LogP contribution is -2.34. The quantitative estimate of drug-likeness (QED) is 0.605. The summed E-state index contributed by atoms with van der Waals surface area (Å²) in [7, 11) is 3.90. The molecular formula is C25H28ClN5O. The van der Waals surface area contributed by atoms with Crippen molar-refractivity contribution in [2.75, 3.05) is 32.1 Å². The first-order valence-electron chi connectivity index (χ1n) is 10.8. The van der Waals surface area contributed by atoms with Crippen LogP contribution in [-0.2, 0) is 6.54 Å². The fourth-order valence-electron chi connectivity index (χ4n) is 4.24. The molecule has 2 aromatic carbocycles. The normalized spacial score (nSPS) is 16.7. The lowest BCUT2D eigenvalue weighted by Gasteiger charge is -2.33. The number of carbonyl (C=O) groups is 1. The molecule has 1 aliphatic rings. The third kappa shape index (κ3) is 4.92. The van der Waals surface area contributed by atoms with Gasteiger partial charge in [-0.1, -0.05) is 41.9 Å². The van der Waals surface area contributed by atoms with Gasteiger partial charge in [-0.2, -0.15) is 0 Å². The standard InChI is InChI=1S/C25H28ClN5O/c1-30(2)25-28-14-21(17-9-11-18(12-10-17)24(27)32)23(29-25)20-7-5-13-31(16-20)15-19-6-3-4-8-22(19)26/h3-4,6,8-12,14,20H,5,7,13,15-16H2,1-2H3,(H2,27,32)/t20-/m0/s1. The highest BCUT2D eigenvalue weighted by atomic mass is 35.5. The second-order valence-corrected chi connectivity index (χ2v) is 8.88. The van der Waals surface area contributed by atoms with Crippen molar-refractivity contribution < 1.29 is 4.79 Å². The smallest absolute Gasteiger partial charge is 0.248 e. The molecule has 0 aliphatic carbocycles. The van der Waals surface area contributed by atoms with Crippen molar-refractivity contribution >= 4 is 23.5 Å². The maximum absolute atomic E-state index is 11.5. The van der Waals surface area contributed by atoms with E-state index in [0.717, 1.165) is 59.9 Å². The fourth-order valence-corrected chi connectivity index (χ4v) is 4.43. The molecule has 1 amide bonds. The van der Waals surface area contributed by atoms with Gasteiger partial charge in [-0.3, -0.25) is 9.69 Å². The van der Waals surface area contributed by atoms with Crippen molar-refractivity contribution in [2.24, 2.45) is 5.73 Å². The van der Waals surface area contributed by atoms with E-state index in [9.17, 15) is 4.79 Å². The highest BCUT2D eigenvalue weighted by Gasteiger charge is 2.26. The van der Waals surface area contributed by atoms with Crippen LogP contribution in [0.1, 0.15) is 40.4 Å². The zero-order chi connectivity index (χ0) is 22.7. The number of nitrogens with zero attached hydrogens (tertiary/aromatic N) is 4. The molecule has 1 aliphatic heterocycles. The van der Waals surface area contributed by atoms with Gasteiger partial charge < -0.3 is 10.6 Å². The molecule has 1 fully saturated rings. The molecule has 2 heterocycles. The topological polar surface area (TPSA) is 75.4 Å². The van der Waals surface area contributed by atoms with Gasteiger partial charge in [0.2, 0.25) is 11.9 Å². The van der Waals surface area contributed by atoms with Crippen LogP contribution in [0.4, 0.5) is 5.95 Å². The minimum absolute atomic E-state index is 0.277. The summed E-state index contributed by atoms with van der Waals surface area (Å²) in [5, 5.41) is 0.807. The van der Waals surface area contributed by atoms with E-state index in [1.165, 1.54) is 0 Å². The molecule has 32 heavy (non-hydrogen) atoms. The molecule has 1 atom stereocenters. The summed E-state index contributed by atoms with van der Waals surface area (Å²) in [6.45, 7) is 2.77. The first-order chi connectivity index (χ1) is 15.4. The summed E-state index contributed by atoms with van der Waals surface area (Å²) in [6, 6.07) is 15.4. The monoisotopic (exact) mass is 449 g/mol. The summed E-state index contributed by atoms with van der Waals surface area (Å²) in [6.07, 6.45) is 4.05. The number of benzene rings is 2. The zero-order valence-electron chi connectivity index (χ0n) is 18.5. The average molecular weight is 450 g/mol. The van der Waals surface area contributed by atoms with Crippen molar-refractivity contribution in [1.82, 2.24) is 14.9 Å². The third-order valence-corrected chi connectivity index (χ3v) is 6.30. The minimum atomic E-state index is -0.432. The Morgan fingerprint density at radius 3 is 2.62 bits per heavy atom. The molecule has 3 aromatic rings. The number of aromatic nitrogens is 2. The summed E-state index contributed by atoms with van der Waals surface area (Å²) in [4.78, 5) is 25.4. The molecule has 7 heteroatoms. The number of hydrogen-bond acceptors (Lipinski definition) is 5. The number of piperidine rings is 1. The molecule has 1 saturated heterocycles. The van der Waals surface area contributed by atoms with Crippen LogP contribution in [0, 0.1) is 0 Å². The zero-order valence-corrected chi connectivity index (χ0v) is 19.2. The fraction of sp³-hybridized carbons (Fsp3) is 0.320. The highest BCUT2D eigenvalue weighted by Crippen LogP contribution is 2.34. The highest BCUT2D eigenvalue weighted by molar-refractivity contribution is 6.31. The summed E-state index contributed by atoms with van der Waals surface area (Å²) in [5.74, 6) is 0.540. The Morgan fingerprint density at radius 2 is 1.94 bits per heavy atom. The average Bonchev–Trinajstić information content (AvgIpc) is 2.80. The molecule has 0 unspecified atom stereocenters. The molecule has 0 spiro atoms. The SMILES string of the molecule is CN(C)c1ncc(-c2ccc(C(N)=O)cc2)c([C@H]2CCCN(Cc3ccccc3Cl)C2)n1. The Kier molecular flexibility index (Phi) is 6.72. The number of carbonyl (C=O) groups excluding carboxylic acids is 1. The second kappa shape index (κ2) is 9.67. The Labute approximate surface area is 194 Å². The molecule has 6 nitrogen and oxygen atoms in total. The summed E-state index contributed by atoms with van der Waals surface area (Å²) < 4.78 is 0. The number of hydrogen-bond donors (Lipinski definition) is 1. The maximum Gasteiger partial charge on any atom is 0.248 e. The van der Waals surface area contributed by atoms with Crippen molar-refractivity contribution in [1.29, 1.82) is 0 Å². The van der Waals surface area contributed by atoms with Gasteiger partial charge in [-0.15, -0.1) is 0 Å². The van der Waals surface area contributed by atoms with Crippen LogP contribution >= 0.6 is 11.6 Å². The molecule has 4 rings (SSSR count). The molecule has 2 N–H and O–H groups in total. The van der Waals surface area contributed by atoms with Crippen molar-refractivity contribution in [2.45, 2.75) is 25.3 Å². The van der Waals surface area contributed by atoms with Crippen LogP contribution in [0.3, 0.4) is 0 Å². The number of primary amides is 1. The Morgan fingerprint density at radius 1 is 1.19 bits per heavy atom. The van der Waals surface area contributed by atoms with Crippen molar-refractivity contribution in [3.05, 3.63) is 76.6 Å². The van der Waals surface area contributed by atoms with Crippen LogP contribution in [0.25, 0.3) is 11.1 Å². The summed E-state index contributed by atoms with van der Waals surface area (Å²) >= 11 is 6.41. The second-order valence-electron chi connectivity index (χ2n) is 8.47. The van der Waals surface area contributed by atoms with Gasteiger partial charge in [0.15, 0.2) is 0 Å². The van der Waals surface area contributed by atoms with E-state index >= 15 is 0 Å². The van der Waals surface area contributed by atoms with E-state index in [1.54, 1.807) is 12.1 Å². The van der Waals surface area contributed by atoms with Crippen LogP contribution in [0.2, 0.25) is 5.02 Å². The molecule has 0 bridgehead atoms. The number of nitrogens with two attached hydrogens (primary N) is 1. The first kappa shape index (κ1) is 22.2. The number of rotatable bonds is 6. The first-order valence-corrected chi connectivity index (χ1v) is 11.2. The van der Waals surface area contributed by atoms with Gasteiger partial charge in [0.1, 0.15) is 0 Å². The van der Waals surface area contributed by atoms with Crippen LogP contribution in [-0.4, -0.2) is 48.0 Å². The predicted octanol–water partition coefficient (Wildman–Crippen LogP) is 4.34. The minimum Gasteiger partial charge on any atom is -0.366 e. The molecule has 0 radical (unpaired) electrons. The Bertz CT molecular complexity index is 1100. The Hall–Kier alpha value is -2.96. The Balaban J connectivity index is 1.65. The van der Waals surface area contributed by atoms with Gasteiger partial charge >= 0.3 is 0 Å². The summed E-state index contributed by atoms with van der Waals surface area (Å²) in [5.41, 5.74) is 10.1. The van der Waals surface area contributed by atoms with Crippen LogP contribution in [0.5, 0.6) is 0 Å². The van der Waals surface area contributed by atoms with Gasteiger partial charge in [-0.05, 0) is 48.7 Å². The largest absolute Gasteiger partial charge is 0.366 e. The molecular weight excluding hydrogens is 422 g/mol. The van der Waals surface area contributed by atoms with E-state index in [0.29, 0.717) is 11.5 Å². The van der Waals surface area contributed by atoms with Crippen LogP contribution < -0.4 is 10.6 Å². The molecule has 1 aromatic heterocycles. The predicted molar refractivity (Wildman–Crippen MR) is 129 cm³/mol. The van der Waals surface area contributed by atoms with Crippen molar-refractivity contribution in [3.63, 3.8) is 0 Å².